The van der Waals surface area contributed by atoms with E-state index < -0.39 is 26.5 Å². The fourth-order valence-corrected chi connectivity index (χ4v) is 9.56. The summed E-state index contributed by atoms with van der Waals surface area (Å²) in [7, 11) is -4.38. The van der Waals surface area contributed by atoms with E-state index in [4.69, 9.17) is 24.3 Å². The average molecular weight is 970 g/mol. The summed E-state index contributed by atoms with van der Waals surface area (Å²) >= 11 is 0. The van der Waals surface area contributed by atoms with Crippen LogP contribution in [0.4, 0.5) is 0 Å². The lowest BCUT2D eigenvalue weighted by molar-refractivity contribution is -0.161. The number of allylic oxidation sites excluding steroid dienone is 2. The Balaban J connectivity index is 3.70. The minimum absolute atomic E-state index is 0.0549. The van der Waals surface area contributed by atoms with Gasteiger partial charge >= 0.3 is 19.8 Å². The summed E-state index contributed by atoms with van der Waals surface area (Å²) in [5, 5.41) is 0. The van der Waals surface area contributed by atoms with E-state index in [1.54, 1.807) is 0 Å². The maximum Gasteiger partial charge on any atom is 0.472 e. The van der Waals surface area contributed by atoms with Crippen LogP contribution >= 0.6 is 7.82 Å². The lowest BCUT2D eigenvalue weighted by atomic mass is 10.0. The van der Waals surface area contributed by atoms with Crippen molar-refractivity contribution in [2.75, 3.05) is 26.4 Å². The van der Waals surface area contributed by atoms with Crippen LogP contribution in [0.15, 0.2) is 12.2 Å². The van der Waals surface area contributed by atoms with E-state index >= 15 is 0 Å². The van der Waals surface area contributed by atoms with Gasteiger partial charge in [-0.15, -0.1) is 0 Å². The quantitative estimate of drug-likeness (QED) is 0.0264. The molecule has 0 aromatic carbocycles. The second-order valence-electron chi connectivity index (χ2n) is 19.9. The Hall–Kier alpha value is -1.25. The van der Waals surface area contributed by atoms with E-state index in [2.05, 4.69) is 26.0 Å². The van der Waals surface area contributed by atoms with Crippen molar-refractivity contribution in [2.45, 2.75) is 315 Å². The average Bonchev–Trinajstić information content (AvgIpc) is 3.32. The molecular formula is C57H112NO8P. The molecular weight excluding hydrogens is 858 g/mol. The molecule has 0 aromatic heterocycles. The molecule has 398 valence electrons. The highest BCUT2D eigenvalue weighted by molar-refractivity contribution is 7.47. The van der Waals surface area contributed by atoms with Crippen LogP contribution in [-0.2, 0) is 32.7 Å². The van der Waals surface area contributed by atoms with E-state index in [1.165, 1.54) is 218 Å². The van der Waals surface area contributed by atoms with Gasteiger partial charge in [-0.25, -0.2) is 4.57 Å². The van der Waals surface area contributed by atoms with Crippen molar-refractivity contribution in [2.24, 2.45) is 5.73 Å². The number of phosphoric ester groups is 1. The van der Waals surface area contributed by atoms with Crippen LogP contribution in [0, 0.1) is 0 Å². The molecule has 0 bridgehead atoms. The number of nitrogens with two attached hydrogens (primary N) is 1. The third kappa shape index (κ3) is 53.9. The van der Waals surface area contributed by atoms with E-state index in [9.17, 15) is 19.0 Å². The predicted molar refractivity (Wildman–Crippen MR) is 284 cm³/mol. The number of hydrogen-bond acceptors (Lipinski definition) is 8. The molecule has 0 aromatic rings. The molecule has 67 heavy (non-hydrogen) atoms. The fourth-order valence-electron chi connectivity index (χ4n) is 8.80. The number of carbonyl (C=O) groups excluding carboxylic acids is 2. The van der Waals surface area contributed by atoms with Gasteiger partial charge in [0.1, 0.15) is 6.61 Å². The first kappa shape index (κ1) is 65.8. The van der Waals surface area contributed by atoms with Crippen molar-refractivity contribution >= 4 is 19.8 Å². The zero-order valence-corrected chi connectivity index (χ0v) is 45.3. The van der Waals surface area contributed by atoms with Gasteiger partial charge in [0.15, 0.2) is 6.10 Å². The van der Waals surface area contributed by atoms with Gasteiger partial charge in [0.2, 0.25) is 0 Å². The van der Waals surface area contributed by atoms with Crippen molar-refractivity contribution in [3.05, 3.63) is 12.2 Å². The Morgan fingerprint density at radius 3 is 1.10 bits per heavy atom. The lowest BCUT2D eigenvalue weighted by Gasteiger charge is -2.19. The van der Waals surface area contributed by atoms with Crippen molar-refractivity contribution in [3.63, 3.8) is 0 Å². The predicted octanol–water partition coefficient (Wildman–Crippen LogP) is 18.1. The summed E-state index contributed by atoms with van der Waals surface area (Å²) in [5.41, 5.74) is 5.36. The molecule has 0 aliphatic carbocycles. The van der Waals surface area contributed by atoms with Gasteiger partial charge in [0.05, 0.1) is 13.2 Å². The van der Waals surface area contributed by atoms with E-state index in [1.807, 2.05) is 0 Å². The Bertz CT molecular complexity index is 1110. The number of unbranched alkanes of at least 4 members (excludes halogenated alkanes) is 41. The summed E-state index contributed by atoms with van der Waals surface area (Å²) in [6.07, 6.45) is 61.7. The van der Waals surface area contributed by atoms with Gasteiger partial charge in [-0.3, -0.25) is 18.6 Å². The van der Waals surface area contributed by atoms with Crippen LogP contribution in [0.25, 0.3) is 0 Å². The van der Waals surface area contributed by atoms with E-state index in [-0.39, 0.29) is 38.6 Å². The molecule has 3 N–H and O–H groups in total. The minimum atomic E-state index is -4.38. The highest BCUT2D eigenvalue weighted by atomic mass is 31.2. The van der Waals surface area contributed by atoms with Crippen LogP contribution in [0.1, 0.15) is 309 Å². The summed E-state index contributed by atoms with van der Waals surface area (Å²) in [6, 6.07) is 0. The van der Waals surface area contributed by atoms with Crippen LogP contribution < -0.4 is 5.73 Å². The summed E-state index contributed by atoms with van der Waals surface area (Å²) in [4.78, 5) is 35.0. The third-order valence-electron chi connectivity index (χ3n) is 13.2. The second-order valence-corrected chi connectivity index (χ2v) is 21.3. The molecule has 9 nitrogen and oxygen atoms in total. The summed E-state index contributed by atoms with van der Waals surface area (Å²) in [6.45, 7) is 3.73. The molecule has 2 unspecified atom stereocenters. The second kappa shape index (κ2) is 54.1. The molecule has 0 radical (unpaired) electrons. The molecule has 0 amide bonds. The maximum absolute atomic E-state index is 12.6. The van der Waals surface area contributed by atoms with Gasteiger partial charge < -0.3 is 20.1 Å². The standard InChI is InChI=1S/C57H112NO8P/c1-3-5-7-9-11-13-15-16-17-18-19-20-21-22-23-24-25-26-27-28-29-30-31-32-33-34-35-36-37-38-40-41-43-45-47-49-56(59)63-53-55(54-65-67(61,62)64-52-51-58)66-57(60)50-48-46-44-42-39-14-12-10-8-6-4-2/h10,12,55H,3-9,11,13-54,58H2,1-2H3,(H,61,62)/b12-10-. The monoisotopic (exact) mass is 970 g/mol. The highest BCUT2D eigenvalue weighted by Gasteiger charge is 2.26. The van der Waals surface area contributed by atoms with Crippen molar-refractivity contribution in [1.29, 1.82) is 0 Å². The van der Waals surface area contributed by atoms with Crippen LogP contribution in [0.5, 0.6) is 0 Å². The van der Waals surface area contributed by atoms with Gasteiger partial charge in [-0.2, -0.15) is 0 Å². The summed E-state index contributed by atoms with van der Waals surface area (Å²) < 4.78 is 32.9. The lowest BCUT2D eigenvalue weighted by Crippen LogP contribution is -2.29. The zero-order valence-electron chi connectivity index (χ0n) is 44.4. The number of phosphoric acid groups is 1. The Labute approximate surface area is 415 Å². The van der Waals surface area contributed by atoms with Crippen molar-refractivity contribution < 1.29 is 37.6 Å². The van der Waals surface area contributed by atoms with Gasteiger partial charge in [0.25, 0.3) is 0 Å². The topological polar surface area (TPSA) is 134 Å². The van der Waals surface area contributed by atoms with Crippen LogP contribution in [0.2, 0.25) is 0 Å². The van der Waals surface area contributed by atoms with Crippen LogP contribution in [-0.4, -0.2) is 49.3 Å². The maximum atomic E-state index is 12.6. The number of esters is 2. The molecule has 2 atom stereocenters. The molecule has 0 saturated carbocycles. The van der Waals surface area contributed by atoms with E-state index in [0.717, 1.165) is 57.8 Å². The summed E-state index contributed by atoms with van der Waals surface area (Å²) in [5.74, 6) is -0.824. The zero-order chi connectivity index (χ0) is 48.8. The molecule has 0 rings (SSSR count). The number of carbonyl (C=O) groups is 2. The molecule has 10 heteroatoms. The van der Waals surface area contributed by atoms with Gasteiger partial charge in [-0.1, -0.05) is 276 Å². The molecule has 0 aliphatic heterocycles. The number of hydrogen-bond donors (Lipinski definition) is 2. The van der Waals surface area contributed by atoms with Crippen LogP contribution in [0.3, 0.4) is 0 Å². The number of ether oxygens (including phenoxy) is 2. The fraction of sp³-hybridized carbons (Fsp3) is 0.930. The van der Waals surface area contributed by atoms with E-state index in [0.29, 0.717) is 6.42 Å². The Kier molecular flexibility index (Phi) is 53.1. The smallest absolute Gasteiger partial charge is 0.462 e. The SMILES string of the molecule is CCCC/C=C\CCCCCCCC(=O)OC(COC(=O)CCCCCCCCCCCCCCCCCCCCCCCCCCCCCCCCCCCCC)COP(=O)(O)OCCN. The minimum Gasteiger partial charge on any atom is -0.462 e. The Morgan fingerprint density at radius 1 is 0.433 bits per heavy atom. The first-order valence-corrected chi connectivity index (χ1v) is 30.7. The largest absolute Gasteiger partial charge is 0.472 e. The Morgan fingerprint density at radius 2 is 0.746 bits per heavy atom. The highest BCUT2D eigenvalue weighted by Crippen LogP contribution is 2.43. The molecule has 0 saturated heterocycles. The first-order chi connectivity index (χ1) is 32.8. The van der Waals surface area contributed by atoms with Crippen molar-refractivity contribution in [3.8, 4) is 0 Å². The van der Waals surface area contributed by atoms with Gasteiger partial charge in [-0.05, 0) is 32.1 Å². The van der Waals surface area contributed by atoms with Crippen molar-refractivity contribution in [1.82, 2.24) is 0 Å². The number of rotatable bonds is 56. The third-order valence-corrected chi connectivity index (χ3v) is 14.1. The van der Waals surface area contributed by atoms with Gasteiger partial charge in [0, 0.05) is 19.4 Å². The molecule has 0 aliphatic rings. The molecule has 0 spiro atoms. The molecule has 0 fully saturated rings. The first-order valence-electron chi connectivity index (χ1n) is 29.2. The normalized spacial score (nSPS) is 13.1. The molecule has 0 heterocycles.